The molecule has 0 aromatic carbocycles. The SMILES string of the molecule is CC(=O)N1CCC(CC2(C)SC(=N[C@H]3C[C@@H]4CC[C@H]3C4)NC2=O)CC1. The van der Waals surface area contributed by atoms with E-state index in [-0.39, 0.29) is 11.8 Å². The minimum Gasteiger partial charge on any atom is -0.343 e. The highest BCUT2D eigenvalue weighted by atomic mass is 32.2. The number of nitrogens with one attached hydrogen (secondary N) is 1. The van der Waals surface area contributed by atoms with E-state index in [2.05, 4.69) is 12.2 Å². The number of carbonyl (C=O) groups excluding carboxylic acids is 2. The summed E-state index contributed by atoms with van der Waals surface area (Å²) in [6.07, 6.45) is 8.13. The molecule has 4 aliphatic rings. The second kappa shape index (κ2) is 6.60. The summed E-state index contributed by atoms with van der Waals surface area (Å²) in [4.78, 5) is 30.9. The Labute approximate surface area is 154 Å². The first kappa shape index (κ1) is 17.4. The van der Waals surface area contributed by atoms with Crippen molar-refractivity contribution < 1.29 is 9.59 Å². The van der Waals surface area contributed by atoms with Crippen LogP contribution in [0.1, 0.15) is 58.8 Å². The molecule has 4 atom stereocenters. The lowest BCUT2D eigenvalue weighted by Gasteiger charge is -2.34. The van der Waals surface area contributed by atoms with Gasteiger partial charge < -0.3 is 10.2 Å². The summed E-state index contributed by atoms with van der Waals surface area (Å²) in [6, 6.07) is 0.433. The average Bonchev–Trinajstić information content (AvgIpc) is 3.24. The zero-order valence-corrected chi connectivity index (χ0v) is 16.1. The molecule has 25 heavy (non-hydrogen) atoms. The maximum atomic E-state index is 12.6. The molecule has 0 spiro atoms. The van der Waals surface area contributed by atoms with Crippen LogP contribution in [-0.2, 0) is 9.59 Å². The number of thioether (sulfide) groups is 1. The summed E-state index contributed by atoms with van der Waals surface area (Å²) in [7, 11) is 0. The van der Waals surface area contributed by atoms with E-state index in [9.17, 15) is 9.59 Å². The van der Waals surface area contributed by atoms with Crippen LogP contribution in [0, 0.1) is 17.8 Å². The molecule has 0 aromatic heterocycles. The maximum Gasteiger partial charge on any atom is 0.242 e. The van der Waals surface area contributed by atoms with Gasteiger partial charge in [0.25, 0.3) is 0 Å². The third kappa shape index (κ3) is 3.46. The van der Waals surface area contributed by atoms with Gasteiger partial charge in [-0.3, -0.25) is 14.6 Å². The van der Waals surface area contributed by atoms with Crippen molar-refractivity contribution in [2.24, 2.45) is 22.7 Å². The van der Waals surface area contributed by atoms with Crippen LogP contribution in [0.2, 0.25) is 0 Å². The number of rotatable bonds is 3. The monoisotopic (exact) mass is 363 g/mol. The molecule has 0 radical (unpaired) electrons. The summed E-state index contributed by atoms with van der Waals surface area (Å²) in [5, 5.41) is 3.91. The number of amidine groups is 1. The molecule has 2 heterocycles. The van der Waals surface area contributed by atoms with Gasteiger partial charge in [0.05, 0.1) is 10.8 Å². The van der Waals surface area contributed by atoms with Crippen LogP contribution >= 0.6 is 11.8 Å². The molecule has 2 saturated heterocycles. The van der Waals surface area contributed by atoms with Crippen LogP contribution in [-0.4, -0.2) is 45.8 Å². The Balaban J connectivity index is 1.35. The molecule has 2 amide bonds. The number of hydrogen-bond donors (Lipinski definition) is 1. The van der Waals surface area contributed by atoms with E-state index in [0.717, 1.165) is 49.4 Å². The fraction of sp³-hybridized carbons (Fsp3) is 0.842. The van der Waals surface area contributed by atoms with E-state index >= 15 is 0 Å². The largest absolute Gasteiger partial charge is 0.343 e. The lowest BCUT2D eigenvalue weighted by Crippen LogP contribution is -2.41. The third-order valence-electron chi connectivity index (χ3n) is 6.74. The summed E-state index contributed by atoms with van der Waals surface area (Å²) in [5.74, 6) is 2.42. The molecule has 2 aliphatic heterocycles. The number of piperidine rings is 1. The Morgan fingerprint density at radius 1 is 1.28 bits per heavy atom. The Morgan fingerprint density at radius 3 is 2.64 bits per heavy atom. The van der Waals surface area contributed by atoms with Gasteiger partial charge in [0.15, 0.2) is 5.17 Å². The molecule has 2 aliphatic carbocycles. The van der Waals surface area contributed by atoms with Gasteiger partial charge in [-0.2, -0.15) is 0 Å². The number of hydrogen-bond acceptors (Lipinski definition) is 4. The van der Waals surface area contributed by atoms with Crippen LogP contribution in [0.5, 0.6) is 0 Å². The predicted octanol–water partition coefficient (Wildman–Crippen LogP) is 2.80. The zero-order valence-electron chi connectivity index (χ0n) is 15.3. The van der Waals surface area contributed by atoms with E-state index in [1.165, 1.54) is 25.7 Å². The normalized spacial score (nSPS) is 40.1. The smallest absolute Gasteiger partial charge is 0.242 e. The van der Waals surface area contributed by atoms with Crippen LogP contribution in [0.4, 0.5) is 0 Å². The van der Waals surface area contributed by atoms with Crippen molar-refractivity contribution in [3.63, 3.8) is 0 Å². The maximum absolute atomic E-state index is 12.6. The van der Waals surface area contributed by atoms with Crippen molar-refractivity contribution in [1.29, 1.82) is 0 Å². The van der Waals surface area contributed by atoms with Crippen molar-refractivity contribution in [2.45, 2.75) is 69.6 Å². The standard InChI is InChI=1S/C19H29N3O2S/c1-12(23)22-7-5-13(6-8-22)11-19(2)17(24)21-18(25-19)20-16-10-14-3-4-15(16)9-14/h13-16H,3-11H2,1-2H3,(H,20,21,24)/t14-,15+,16+,19?/m1/s1. The van der Waals surface area contributed by atoms with Gasteiger partial charge in [0.1, 0.15) is 0 Å². The lowest BCUT2D eigenvalue weighted by molar-refractivity contribution is -0.130. The van der Waals surface area contributed by atoms with E-state index in [4.69, 9.17) is 4.99 Å². The molecule has 1 N–H and O–H groups in total. The molecular formula is C19H29N3O2S. The van der Waals surface area contributed by atoms with Crippen molar-refractivity contribution in [2.75, 3.05) is 13.1 Å². The second-order valence-corrected chi connectivity index (χ2v) is 10.1. The first-order chi connectivity index (χ1) is 11.9. The Morgan fingerprint density at radius 2 is 2.04 bits per heavy atom. The van der Waals surface area contributed by atoms with Gasteiger partial charge in [0, 0.05) is 20.0 Å². The highest BCUT2D eigenvalue weighted by Crippen LogP contribution is 2.47. The number of nitrogens with zero attached hydrogens (tertiary/aromatic N) is 2. The van der Waals surface area contributed by atoms with Crippen molar-refractivity contribution >= 4 is 28.7 Å². The summed E-state index contributed by atoms with van der Waals surface area (Å²) >= 11 is 1.64. The highest BCUT2D eigenvalue weighted by molar-refractivity contribution is 8.16. The molecule has 6 heteroatoms. The van der Waals surface area contributed by atoms with Gasteiger partial charge in [-0.05, 0) is 63.2 Å². The van der Waals surface area contributed by atoms with Gasteiger partial charge in [-0.1, -0.05) is 18.2 Å². The van der Waals surface area contributed by atoms with Crippen molar-refractivity contribution in [3.8, 4) is 0 Å². The molecule has 4 fully saturated rings. The van der Waals surface area contributed by atoms with Gasteiger partial charge in [0.2, 0.25) is 11.8 Å². The molecule has 4 rings (SSSR count). The minimum absolute atomic E-state index is 0.119. The highest BCUT2D eigenvalue weighted by Gasteiger charge is 2.46. The van der Waals surface area contributed by atoms with Crippen LogP contribution < -0.4 is 5.32 Å². The topological polar surface area (TPSA) is 61.8 Å². The molecule has 5 nitrogen and oxygen atoms in total. The van der Waals surface area contributed by atoms with E-state index in [1.54, 1.807) is 18.7 Å². The molecular weight excluding hydrogens is 334 g/mol. The number of fused-ring (bicyclic) bond motifs is 2. The fourth-order valence-corrected chi connectivity index (χ4v) is 6.45. The average molecular weight is 364 g/mol. The number of carbonyl (C=O) groups is 2. The molecule has 1 unspecified atom stereocenters. The first-order valence-corrected chi connectivity index (χ1v) is 10.6. The molecule has 138 valence electrons. The summed E-state index contributed by atoms with van der Waals surface area (Å²) in [6.45, 7) is 5.36. The molecule has 2 saturated carbocycles. The Bertz CT molecular complexity index is 599. The first-order valence-electron chi connectivity index (χ1n) is 9.77. The lowest BCUT2D eigenvalue weighted by atomic mass is 9.87. The zero-order chi connectivity index (χ0) is 17.6. The van der Waals surface area contributed by atoms with E-state index < -0.39 is 4.75 Å². The van der Waals surface area contributed by atoms with Crippen LogP contribution in [0.25, 0.3) is 0 Å². The van der Waals surface area contributed by atoms with Gasteiger partial charge in [-0.25, -0.2) is 0 Å². The quantitative estimate of drug-likeness (QED) is 0.839. The summed E-state index contributed by atoms with van der Waals surface area (Å²) < 4.78 is -0.403. The number of amides is 2. The third-order valence-corrected chi connectivity index (χ3v) is 7.95. The Kier molecular flexibility index (Phi) is 4.59. The molecule has 0 aromatic rings. The van der Waals surface area contributed by atoms with Crippen molar-refractivity contribution in [3.05, 3.63) is 0 Å². The van der Waals surface area contributed by atoms with E-state index in [0.29, 0.717) is 12.0 Å². The Hall–Kier alpha value is -1.04. The van der Waals surface area contributed by atoms with Crippen LogP contribution in [0.3, 0.4) is 0 Å². The van der Waals surface area contributed by atoms with Crippen LogP contribution in [0.15, 0.2) is 4.99 Å². The fourth-order valence-electron chi connectivity index (χ4n) is 5.23. The summed E-state index contributed by atoms with van der Waals surface area (Å²) in [5.41, 5.74) is 0. The van der Waals surface area contributed by atoms with Crippen molar-refractivity contribution in [1.82, 2.24) is 10.2 Å². The second-order valence-electron chi connectivity index (χ2n) is 8.62. The van der Waals surface area contributed by atoms with Gasteiger partial charge >= 0.3 is 0 Å². The van der Waals surface area contributed by atoms with E-state index in [1.807, 2.05) is 4.90 Å². The minimum atomic E-state index is -0.403. The predicted molar refractivity (Wildman–Crippen MR) is 100 cm³/mol. The number of aliphatic imine (C=N–C) groups is 1. The van der Waals surface area contributed by atoms with Gasteiger partial charge in [-0.15, -0.1) is 0 Å². The molecule has 2 bridgehead atoms. The number of likely N-dealkylation sites (tertiary alicyclic amines) is 1.